The first-order chi connectivity index (χ1) is 9.70. The van der Waals surface area contributed by atoms with Crippen molar-refractivity contribution in [1.29, 1.82) is 0 Å². The van der Waals surface area contributed by atoms with Gasteiger partial charge >= 0.3 is 0 Å². The van der Waals surface area contributed by atoms with Crippen LogP contribution in [0.1, 0.15) is 22.9 Å². The van der Waals surface area contributed by atoms with Crippen LogP contribution >= 0.6 is 11.6 Å². The number of imidazole rings is 1. The number of benzene rings is 2. The highest BCUT2D eigenvalue weighted by molar-refractivity contribution is 6.31. The third-order valence-electron chi connectivity index (χ3n) is 4.04. The van der Waals surface area contributed by atoms with Crippen LogP contribution in [0.15, 0.2) is 36.4 Å². The molecule has 1 aliphatic rings. The summed E-state index contributed by atoms with van der Waals surface area (Å²) in [4.78, 5) is 8.06. The molecule has 0 aliphatic heterocycles. The van der Waals surface area contributed by atoms with Crippen LogP contribution in [0.25, 0.3) is 11.0 Å². The number of aromatic nitrogens is 2. The summed E-state index contributed by atoms with van der Waals surface area (Å²) in [7, 11) is 0. The van der Waals surface area contributed by atoms with E-state index < -0.39 is 0 Å². The van der Waals surface area contributed by atoms with Gasteiger partial charge in [0.05, 0.1) is 11.2 Å². The Kier molecular flexibility index (Phi) is 2.51. The van der Waals surface area contributed by atoms with Crippen molar-refractivity contribution in [3.8, 4) is 0 Å². The zero-order valence-corrected chi connectivity index (χ0v) is 11.6. The first-order valence-corrected chi connectivity index (χ1v) is 7.10. The van der Waals surface area contributed by atoms with E-state index >= 15 is 0 Å². The molecule has 0 atom stereocenters. The number of nitrogen functional groups attached to an aromatic ring is 1. The average molecular weight is 284 g/mol. The van der Waals surface area contributed by atoms with Crippen LogP contribution < -0.4 is 5.73 Å². The van der Waals surface area contributed by atoms with Crippen LogP contribution in [0, 0.1) is 0 Å². The van der Waals surface area contributed by atoms with E-state index in [0.29, 0.717) is 16.6 Å². The molecule has 2 aromatic carbocycles. The molecule has 0 fully saturated rings. The molecule has 0 saturated carbocycles. The molecule has 100 valence electrons. The van der Waals surface area contributed by atoms with Crippen LogP contribution in [-0.4, -0.2) is 9.97 Å². The molecule has 4 rings (SSSR count). The van der Waals surface area contributed by atoms with Crippen molar-refractivity contribution in [2.75, 3.05) is 5.73 Å². The number of nitrogens with zero attached hydrogens (tertiary/aromatic N) is 1. The van der Waals surface area contributed by atoms with Crippen molar-refractivity contribution in [2.24, 2.45) is 0 Å². The van der Waals surface area contributed by atoms with E-state index in [9.17, 15) is 0 Å². The average Bonchev–Trinajstić information content (AvgIpc) is 3.01. The standard InChI is InChI=1S/C16H14ClN3/c17-12-7-13(18)15-14(8-12)19-16(20-15)11-5-9-3-1-2-4-10(9)6-11/h1-4,7-8,11H,5-6,18H2,(H,19,20). The van der Waals surface area contributed by atoms with Crippen LogP contribution in [0.2, 0.25) is 5.02 Å². The van der Waals surface area contributed by atoms with E-state index in [0.717, 1.165) is 29.7 Å². The molecule has 1 aromatic heterocycles. The van der Waals surface area contributed by atoms with E-state index in [4.69, 9.17) is 17.3 Å². The quantitative estimate of drug-likeness (QED) is 0.669. The zero-order valence-electron chi connectivity index (χ0n) is 10.9. The molecule has 1 heterocycles. The van der Waals surface area contributed by atoms with E-state index in [1.807, 2.05) is 6.07 Å². The van der Waals surface area contributed by atoms with Crippen LogP contribution in [0.3, 0.4) is 0 Å². The van der Waals surface area contributed by atoms with Crippen molar-refractivity contribution < 1.29 is 0 Å². The van der Waals surface area contributed by atoms with Gasteiger partial charge < -0.3 is 10.7 Å². The number of rotatable bonds is 1. The van der Waals surface area contributed by atoms with Crippen LogP contribution in [0.5, 0.6) is 0 Å². The summed E-state index contributed by atoms with van der Waals surface area (Å²) in [5.41, 5.74) is 11.2. The van der Waals surface area contributed by atoms with Gasteiger partial charge in [-0.3, -0.25) is 0 Å². The number of fused-ring (bicyclic) bond motifs is 2. The third kappa shape index (κ3) is 1.78. The van der Waals surface area contributed by atoms with Crippen molar-refractivity contribution in [1.82, 2.24) is 9.97 Å². The first-order valence-electron chi connectivity index (χ1n) is 6.72. The van der Waals surface area contributed by atoms with Gasteiger partial charge in [-0.2, -0.15) is 0 Å². The number of H-pyrrole nitrogens is 1. The number of anilines is 1. The van der Waals surface area contributed by atoms with Gasteiger partial charge in [-0.25, -0.2) is 4.98 Å². The predicted molar refractivity (Wildman–Crippen MR) is 82.1 cm³/mol. The highest BCUT2D eigenvalue weighted by Gasteiger charge is 2.25. The highest BCUT2D eigenvalue weighted by atomic mass is 35.5. The Labute approximate surface area is 121 Å². The largest absolute Gasteiger partial charge is 0.397 e. The Hall–Kier alpha value is -2.00. The molecular formula is C16H14ClN3. The summed E-state index contributed by atoms with van der Waals surface area (Å²) in [6.45, 7) is 0. The van der Waals surface area contributed by atoms with Gasteiger partial charge in [0.2, 0.25) is 0 Å². The van der Waals surface area contributed by atoms with Gasteiger partial charge in [0.1, 0.15) is 11.3 Å². The minimum absolute atomic E-state index is 0.401. The van der Waals surface area contributed by atoms with E-state index in [-0.39, 0.29) is 0 Å². The third-order valence-corrected chi connectivity index (χ3v) is 4.26. The van der Waals surface area contributed by atoms with Crippen molar-refractivity contribution >= 4 is 28.3 Å². The van der Waals surface area contributed by atoms with E-state index in [2.05, 4.69) is 34.2 Å². The molecule has 0 bridgehead atoms. The molecule has 3 aromatic rings. The van der Waals surface area contributed by atoms with Gasteiger partial charge in [0, 0.05) is 10.9 Å². The molecule has 0 radical (unpaired) electrons. The SMILES string of the molecule is Nc1cc(Cl)cc2[nH]c(C3Cc4ccccc4C3)nc12. The van der Waals surface area contributed by atoms with Crippen molar-refractivity contribution in [3.63, 3.8) is 0 Å². The molecule has 20 heavy (non-hydrogen) atoms. The molecule has 0 saturated heterocycles. The Morgan fingerprint density at radius 2 is 1.85 bits per heavy atom. The number of nitrogens with two attached hydrogens (primary N) is 1. The molecular weight excluding hydrogens is 270 g/mol. The maximum Gasteiger partial charge on any atom is 0.112 e. The normalized spacial score (nSPS) is 14.8. The summed E-state index contributed by atoms with van der Waals surface area (Å²) >= 11 is 6.04. The molecule has 0 spiro atoms. The second-order valence-electron chi connectivity index (χ2n) is 5.39. The lowest BCUT2D eigenvalue weighted by Crippen LogP contribution is -2.00. The fourth-order valence-corrected chi connectivity index (χ4v) is 3.30. The number of halogens is 1. The lowest BCUT2D eigenvalue weighted by Gasteiger charge is -2.03. The van der Waals surface area contributed by atoms with Crippen molar-refractivity contribution in [2.45, 2.75) is 18.8 Å². The summed E-state index contributed by atoms with van der Waals surface area (Å²) in [5.74, 6) is 1.41. The highest BCUT2D eigenvalue weighted by Crippen LogP contribution is 2.34. The van der Waals surface area contributed by atoms with Crippen LogP contribution in [-0.2, 0) is 12.8 Å². The second-order valence-corrected chi connectivity index (χ2v) is 5.82. The molecule has 1 aliphatic carbocycles. The summed E-state index contributed by atoms with van der Waals surface area (Å²) < 4.78 is 0. The zero-order chi connectivity index (χ0) is 13.7. The van der Waals surface area contributed by atoms with Gasteiger partial charge in [0.15, 0.2) is 0 Å². The predicted octanol–water partition coefficient (Wildman–Crippen LogP) is 3.68. The minimum atomic E-state index is 0.401. The Morgan fingerprint density at radius 3 is 2.55 bits per heavy atom. The van der Waals surface area contributed by atoms with Gasteiger partial charge in [-0.05, 0) is 36.1 Å². The van der Waals surface area contributed by atoms with E-state index in [1.165, 1.54) is 11.1 Å². The van der Waals surface area contributed by atoms with Gasteiger partial charge in [-0.15, -0.1) is 0 Å². The Morgan fingerprint density at radius 1 is 1.15 bits per heavy atom. The van der Waals surface area contributed by atoms with Gasteiger partial charge in [-0.1, -0.05) is 35.9 Å². The summed E-state index contributed by atoms with van der Waals surface area (Å²) in [5, 5.41) is 0.639. The van der Waals surface area contributed by atoms with E-state index in [1.54, 1.807) is 6.07 Å². The number of hydrogen-bond acceptors (Lipinski definition) is 2. The molecule has 0 amide bonds. The molecule has 3 nitrogen and oxygen atoms in total. The minimum Gasteiger partial charge on any atom is -0.397 e. The molecule has 4 heteroatoms. The summed E-state index contributed by atoms with van der Waals surface area (Å²) in [6, 6.07) is 12.2. The summed E-state index contributed by atoms with van der Waals surface area (Å²) in [6.07, 6.45) is 2.06. The number of hydrogen-bond donors (Lipinski definition) is 2. The van der Waals surface area contributed by atoms with Crippen molar-refractivity contribution in [3.05, 3.63) is 58.4 Å². The Bertz CT molecular complexity index is 782. The molecule has 3 N–H and O–H groups in total. The van der Waals surface area contributed by atoms with Crippen LogP contribution in [0.4, 0.5) is 5.69 Å². The lowest BCUT2D eigenvalue weighted by molar-refractivity contribution is 0.697. The monoisotopic (exact) mass is 283 g/mol. The fourth-order valence-electron chi connectivity index (χ4n) is 3.07. The lowest BCUT2D eigenvalue weighted by atomic mass is 10.1. The van der Waals surface area contributed by atoms with Gasteiger partial charge in [0.25, 0.3) is 0 Å². The Balaban J connectivity index is 1.76. The maximum atomic E-state index is 6.04. The number of aromatic amines is 1. The first kappa shape index (κ1) is 11.8. The fraction of sp³-hybridized carbons (Fsp3) is 0.188. The topological polar surface area (TPSA) is 54.7 Å². The maximum absolute atomic E-state index is 6.04. The second kappa shape index (κ2) is 4.25. The smallest absolute Gasteiger partial charge is 0.112 e. The number of nitrogens with one attached hydrogen (secondary N) is 1. The molecule has 0 unspecified atom stereocenters.